The molecule has 0 radical (unpaired) electrons. The topological polar surface area (TPSA) is 96.6 Å². The van der Waals surface area contributed by atoms with Crippen molar-refractivity contribution in [2.45, 2.75) is 27.7 Å². The molecule has 2 heterocycles. The minimum absolute atomic E-state index is 0.0394. The fourth-order valence-corrected chi connectivity index (χ4v) is 4.65. The molecule has 0 aliphatic carbocycles. The predicted molar refractivity (Wildman–Crippen MR) is 140 cm³/mol. The van der Waals surface area contributed by atoms with E-state index in [2.05, 4.69) is 10.1 Å². The van der Waals surface area contributed by atoms with Gasteiger partial charge in [-0.2, -0.15) is 15.1 Å². The Morgan fingerprint density at radius 2 is 1.77 bits per heavy atom. The Bertz CT molecular complexity index is 1270. The molecule has 35 heavy (non-hydrogen) atoms. The number of hydrogen-bond donors (Lipinski definition) is 1. The van der Waals surface area contributed by atoms with Crippen LogP contribution in [0.15, 0.2) is 46.0 Å². The highest BCUT2D eigenvalue weighted by atomic mass is 35.5. The average Bonchev–Trinajstić information content (AvgIpc) is 3.17. The van der Waals surface area contributed by atoms with E-state index in [-0.39, 0.29) is 18.0 Å². The zero-order chi connectivity index (χ0) is 25.1. The van der Waals surface area contributed by atoms with Gasteiger partial charge in [0, 0.05) is 0 Å². The van der Waals surface area contributed by atoms with Crippen LogP contribution in [0.4, 0.5) is 0 Å². The molecule has 1 amide bonds. The third-order valence-corrected chi connectivity index (χ3v) is 6.29. The zero-order valence-corrected chi connectivity index (χ0v) is 21.4. The molecule has 10 heteroatoms. The molecule has 0 aromatic heterocycles. The fourth-order valence-electron chi connectivity index (χ4n) is 3.64. The first-order valence-electron chi connectivity index (χ1n) is 11.0. The molecule has 0 saturated carbocycles. The molecule has 0 bridgehead atoms. The van der Waals surface area contributed by atoms with Gasteiger partial charge in [0.2, 0.25) is 5.17 Å². The molecule has 2 aromatic carbocycles. The zero-order valence-electron chi connectivity index (χ0n) is 19.8. The van der Waals surface area contributed by atoms with E-state index in [4.69, 9.17) is 31.2 Å². The molecule has 182 valence electrons. The first-order chi connectivity index (χ1) is 16.8. The van der Waals surface area contributed by atoms with Crippen molar-refractivity contribution in [1.82, 2.24) is 5.01 Å². The van der Waals surface area contributed by atoms with Gasteiger partial charge >= 0.3 is 0 Å². The van der Waals surface area contributed by atoms with Crippen LogP contribution in [0.2, 0.25) is 5.02 Å². The van der Waals surface area contributed by atoms with E-state index in [0.717, 1.165) is 16.9 Å². The molecular weight excluding hydrogens is 488 g/mol. The number of nitrogens with zero attached hydrogens (tertiary/aromatic N) is 3. The van der Waals surface area contributed by atoms with E-state index in [0.29, 0.717) is 45.5 Å². The summed E-state index contributed by atoms with van der Waals surface area (Å²) < 4.78 is 17.6. The van der Waals surface area contributed by atoms with E-state index < -0.39 is 5.91 Å². The lowest BCUT2D eigenvalue weighted by Crippen LogP contribution is -2.35. The summed E-state index contributed by atoms with van der Waals surface area (Å²) in [7, 11) is 0. The summed E-state index contributed by atoms with van der Waals surface area (Å²) in [5.74, 6) is 1.13. The van der Waals surface area contributed by atoms with Gasteiger partial charge in [-0.15, -0.1) is 0 Å². The molecule has 0 spiro atoms. The molecule has 0 atom stereocenters. The van der Waals surface area contributed by atoms with Crippen molar-refractivity contribution in [3.05, 3.63) is 57.6 Å². The second-order valence-electron chi connectivity index (χ2n) is 7.82. The molecule has 0 fully saturated rings. The lowest BCUT2D eigenvalue weighted by atomic mass is 10.1. The van der Waals surface area contributed by atoms with Crippen molar-refractivity contribution in [1.29, 1.82) is 5.41 Å². The number of carbonyl (C=O) groups excluding carboxylic acids is 1. The van der Waals surface area contributed by atoms with Crippen LogP contribution in [0, 0.1) is 19.3 Å². The summed E-state index contributed by atoms with van der Waals surface area (Å²) >= 11 is 7.80. The van der Waals surface area contributed by atoms with Gasteiger partial charge in [0.25, 0.3) is 5.91 Å². The quantitative estimate of drug-likeness (QED) is 0.373. The highest BCUT2D eigenvalue weighted by molar-refractivity contribution is 8.26. The first kappa shape index (κ1) is 24.8. The standard InChI is InChI=1S/C25H25ClN4O4S/c1-5-32-20-13-17(11-18-23(27)30-25(28-24(18)31)35-16(4)29-30)12-19(26)22(20)34-10-9-33-21-14(2)7-6-8-15(21)3/h6-8,11-13,27H,5,9-10H2,1-4H3/b18-11-,27-23?. The van der Waals surface area contributed by atoms with Crippen molar-refractivity contribution in [3.63, 3.8) is 0 Å². The van der Waals surface area contributed by atoms with Crippen LogP contribution in [-0.4, -0.2) is 46.8 Å². The van der Waals surface area contributed by atoms with Crippen molar-refractivity contribution >= 4 is 51.4 Å². The summed E-state index contributed by atoms with van der Waals surface area (Å²) in [6, 6.07) is 9.37. The van der Waals surface area contributed by atoms with Crippen LogP contribution >= 0.6 is 23.4 Å². The van der Waals surface area contributed by atoms with E-state index in [1.54, 1.807) is 25.1 Å². The Morgan fingerprint density at radius 1 is 1.09 bits per heavy atom. The number of ether oxygens (including phenoxy) is 3. The molecule has 2 aliphatic rings. The number of thioether (sulfide) groups is 1. The molecule has 2 aliphatic heterocycles. The van der Waals surface area contributed by atoms with Gasteiger partial charge in [0.1, 0.15) is 19.0 Å². The number of hydrogen-bond acceptors (Lipinski definition) is 7. The van der Waals surface area contributed by atoms with Gasteiger partial charge in [-0.3, -0.25) is 10.2 Å². The minimum atomic E-state index is -0.503. The average molecular weight is 513 g/mol. The minimum Gasteiger partial charge on any atom is -0.490 e. The number of benzene rings is 2. The Morgan fingerprint density at radius 3 is 2.46 bits per heavy atom. The molecule has 0 unspecified atom stereocenters. The maximum absolute atomic E-state index is 12.6. The van der Waals surface area contributed by atoms with E-state index in [1.807, 2.05) is 39.0 Å². The Kier molecular flexibility index (Phi) is 7.47. The van der Waals surface area contributed by atoms with Crippen LogP contribution in [-0.2, 0) is 4.79 Å². The van der Waals surface area contributed by atoms with Gasteiger partial charge in [0.05, 0.1) is 22.2 Å². The van der Waals surface area contributed by atoms with Gasteiger partial charge in [0.15, 0.2) is 17.3 Å². The van der Waals surface area contributed by atoms with Crippen LogP contribution in [0.1, 0.15) is 30.5 Å². The number of aliphatic imine (C=N–C) groups is 1. The predicted octanol–water partition coefficient (Wildman–Crippen LogP) is 5.45. The van der Waals surface area contributed by atoms with Crippen LogP contribution in [0.5, 0.6) is 17.2 Å². The van der Waals surface area contributed by atoms with Crippen molar-refractivity contribution < 1.29 is 19.0 Å². The summed E-state index contributed by atoms with van der Waals surface area (Å²) in [6.45, 7) is 8.64. The van der Waals surface area contributed by atoms with Crippen molar-refractivity contribution in [2.24, 2.45) is 10.1 Å². The summed E-state index contributed by atoms with van der Waals surface area (Å²) in [5.41, 5.74) is 2.81. The van der Waals surface area contributed by atoms with Gasteiger partial charge in [-0.05, 0) is 74.4 Å². The Hall–Kier alpha value is -3.30. The molecule has 4 rings (SSSR count). The SMILES string of the molecule is CCOc1cc(/C=C2/C(=N)N3N=C(C)SC3=NC2=O)cc(Cl)c1OCCOc1c(C)cccc1C. The number of amides is 1. The largest absolute Gasteiger partial charge is 0.490 e. The second-order valence-corrected chi connectivity index (χ2v) is 9.39. The second kappa shape index (κ2) is 10.5. The molecule has 0 saturated heterocycles. The highest BCUT2D eigenvalue weighted by Gasteiger charge is 2.34. The lowest BCUT2D eigenvalue weighted by Gasteiger charge is -2.20. The number of aryl methyl sites for hydroxylation is 2. The normalized spacial score (nSPS) is 16.3. The Labute approximate surface area is 213 Å². The van der Waals surface area contributed by atoms with E-state index in [1.165, 1.54) is 16.8 Å². The monoisotopic (exact) mass is 512 g/mol. The number of para-hydroxylation sites is 1. The summed E-state index contributed by atoms with van der Waals surface area (Å²) in [5, 5.41) is 15.4. The fraction of sp³-hybridized carbons (Fsp3) is 0.280. The molecule has 2 aromatic rings. The van der Waals surface area contributed by atoms with Crippen molar-refractivity contribution in [2.75, 3.05) is 19.8 Å². The number of nitrogens with one attached hydrogen (secondary N) is 1. The lowest BCUT2D eigenvalue weighted by molar-refractivity contribution is -0.114. The third kappa shape index (κ3) is 5.36. The molecular formula is C25H25ClN4O4S. The number of amidine groups is 2. The van der Waals surface area contributed by atoms with Gasteiger partial charge < -0.3 is 14.2 Å². The number of hydrazone groups is 1. The summed E-state index contributed by atoms with van der Waals surface area (Å²) in [6.07, 6.45) is 1.56. The number of fused-ring (bicyclic) bond motifs is 1. The molecule has 1 N–H and O–H groups in total. The van der Waals surface area contributed by atoms with Crippen LogP contribution in [0.3, 0.4) is 0 Å². The van der Waals surface area contributed by atoms with Gasteiger partial charge in [-0.25, -0.2) is 0 Å². The van der Waals surface area contributed by atoms with Crippen molar-refractivity contribution in [3.8, 4) is 17.2 Å². The third-order valence-electron chi connectivity index (χ3n) is 5.18. The first-order valence-corrected chi connectivity index (χ1v) is 12.2. The van der Waals surface area contributed by atoms with Gasteiger partial charge in [-0.1, -0.05) is 29.8 Å². The van der Waals surface area contributed by atoms with E-state index in [9.17, 15) is 4.79 Å². The van der Waals surface area contributed by atoms with Crippen LogP contribution in [0.25, 0.3) is 6.08 Å². The number of rotatable bonds is 8. The number of halogens is 1. The smallest absolute Gasteiger partial charge is 0.283 e. The number of carbonyl (C=O) groups is 1. The van der Waals surface area contributed by atoms with E-state index >= 15 is 0 Å². The van der Waals surface area contributed by atoms with Crippen LogP contribution < -0.4 is 14.2 Å². The summed E-state index contributed by atoms with van der Waals surface area (Å²) in [4.78, 5) is 16.6. The maximum atomic E-state index is 12.6. The maximum Gasteiger partial charge on any atom is 0.283 e. The Balaban J connectivity index is 1.52. The highest BCUT2D eigenvalue weighted by Crippen LogP contribution is 2.38. The molecule has 8 nitrogen and oxygen atoms in total.